The normalized spacial score (nSPS) is 15.2. The number of carbonyl (C=O) groups excluding carboxylic acids is 1. The number of amides is 1. The number of aryl methyl sites for hydroxylation is 1. The van der Waals surface area contributed by atoms with E-state index in [-0.39, 0.29) is 18.6 Å². The summed E-state index contributed by atoms with van der Waals surface area (Å²) < 4.78 is 5.34. The van der Waals surface area contributed by atoms with E-state index in [2.05, 4.69) is 11.8 Å². The second-order valence-corrected chi connectivity index (χ2v) is 5.25. The molecule has 4 heteroatoms. The van der Waals surface area contributed by atoms with E-state index in [4.69, 9.17) is 9.84 Å². The smallest absolute Gasteiger partial charge is 0.254 e. The Balaban J connectivity index is 2.20. The van der Waals surface area contributed by atoms with Gasteiger partial charge in [0.2, 0.25) is 0 Å². The average molecular weight is 287 g/mol. The lowest BCUT2D eigenvalue weighted by Gasteiger charge is -2.31. The Morgan fingerprint density at radius 3 is 2.81 bits per heavy atom. The van der Waals surface area contributed by atoms with Gasteiger partial charge in [0.05, 0.1) is 0 Å². The van der Waals surface area contributed by atoms with Gasteiger partial charge in [0, 0.05) is 37.4 Å². The lowest BCUT2D eigenvalue weighted by molar-refractivity contribution is 0.0361. The van der Waals surface area contributed by atoms with Gasteiger partial charge in [-0.2, -0.15) is 0 Å². The molecule has 0 saturated carbocycles. The van der Waals surface area contributed by atoms with Crippen LogP contribution in [0.15, 0.2) is 18.2 Å². The summed E-state index contributed by atoms with van der Waals surface area (Å²) in [5, 5.41) is 8.76. The van der Waals surface area contributed by atoms with E-state index < -0.39 is 0 Å². The van der Waals surface area contributed by atoms with Crippen LogP contribution in [0.3, 0.4) is 0 Å². The first-order valence-electron chi connectivity index (χ1n) is 7.18. The second kappa shape index (κ2) is 7.26. The Morgan fingerprint density at radius 2 is 2.14 bits per heavy atom. The topological polar surface area (TPSA) is 49.8 Å². The highest BCUT2D eigenvalue weighted by molar-refractivity contribution is 5.96. The Kier molecular flexibility index (Phi) is 5.38. The molecule has 21 heavy (non-hydrogen) atoms. The maximum Gasteiger partial charge on any atom is 0.254 e. The lowest BCUT2D eigenvalue weighted by atomic mass is 10.0. The van der Waals surface area contributed by atoms with Crippen LogP contribution in [0.25, 0.3) is 0 Å². The van der Waals surface area contributed by atoms with Crippen molar-refractivity contribution in [3.8, 4) is 11.8 Å². The minimum atomic E-state index is -0.181. The van der Waals surface area contributed by atoms with Crippen molar-refractivity contribution in [1.82, 2.24) is 4.90 Å². The Bertz CT molecular complexity index is 565. The highest BCUT2D eigenvalue weighted by Gasteiger charge is 2.24. The SMILES string of the molecule is Cc1ccc(C#CCO)cc1C(=O)N(C)C1CCOCC1. The zero-order valence-electron chi connectivity index (χ0n) is 12.6. The first-order valence-corrected chi connectivity index (χ1v) is 7.18. The van der Waals surface area contributed by atoms with Crippen molar-refractivity contribution in [2.75, 3.05) is 26.9 Å². The van der Waals surface area contributed by atoms with Gasteiger partial charge in [-0.05, 0) is 37.5 Å². The fraction of sp³-hybridized carbons (Fsp3) is 0.471. The molecule has 0 bridgehead atoms. The molecule has 1 fully saturated rings. The van der Waals surface area contributed by atoms with Crippen molar-refractivity contribution in [2.45, 2.75) is 25.8 Å². The van der Waals surface area contributed by atoms with E-state index in [1.807, 2.05) is 31.0 Å². The summed E-state index contributed by atoms with van der Waals surface area (Å²) in [4.78, 5) is 14.5. The number of rotatable bonds is 2. The Hall–Kier alpha value is -1.83. The Morgan fingerprint density at radius 1 is 1.43 bits per heavy atom. The van der Waals surface area contributed by atoms with Gasteiger partial charge >= 0.3 is 0 Å². The summed E-state index contributed by atoms with van der Waals surface area (Å²) in [6, 6.07) is 5.80. The van der Waals surface area contributed by atoms with Crippen LogP contribution in [0.5, 0.6) is 0 Å². The van der Waals surface area contributed by atoms with Crippen molar-refractivity contribution < 1.29 is 14.6 Å². The predicted octanol–water partition coefficient (Wildman–Crippen LogP) is 1.59. The summed E-state index contributed by atoms with van der Waals surface area (Å²) >= 11 is 0. The molecule has 1 amide bonds. The van der Waals surface area contributed by atoms with Gasteiger partial charge < -0.3 is 14.7 Å². The number of ether oxygens (including phenoxy) is 1. The summed E-state index contributed by atoms with van der Waals surface area (Å²) in [6.45, 7) is 3.17. The first kappa shape index (κ1) is 15.6. The minimum Gasteiger partial charge on any atom is -0.384 e. The lowest BCUT2D eigenvalue weighted by Crippen LogP contribution is -2.40. The maximum absolute atomic E-state index is 12.7. The molecule has 0 aliphatic carbocycles. The standard InChI is InChI=1S/C17H21NO3/c1-13-5-6-14(4-3-9-19)12-16(13)17(20)18(2)15-7-10-21-11-8-15/h5-6,12,15,19H,7-11H2,1-2H3. The van der Waals surface area contributed by atoms with Crippen molar-refractivity contribution in [3.63, 3.8) is 0 Å². The molecule has 0 atom stereocenters. The van der Waals surface area contributed by atoms with Gasteiger partial charge in [0.25, 0.3) is 5.91 Å². The number of carbonyl (C=O) groups is 1. The molecular weight excluding hydrogens is 266 g/mol. The molecule has 0 spiro atoms. The Labute approximate surface area is 125 Å². The third-order valence-corrected chi connectivity index (χ3v) is 3.84. The summed E-state index contributed by atoms with van der Waals surface area (Å²) in [6.07, 6.45) is 1.76. The number of benzene rings is 1. The molecule has 112 valence electrons. The van der Waals surface area contributed by atoms with Gasteiger partial charge in [-0.25, -0.2) is 0 Å². The fourth-order valence-electron chi connectivity index (χ4n) is 2.50. The third-order valence-electron chi connectivity index (χ3n) is 3.84. The molecule has 4 nitrogen and oxygen atoms in total. The zero-order valence-corrected chi connectivity index (χ0v) is 12.6. The van der Waals surface area contributed by atoms with Crippen LogP contribution >= 0.6 is 0 Å². The molecule has 1 heterocycles. The molecule has 1 aromatic carbocycles. The zero-order chi connectivity index (χ0) is 15.2. The van der Waals surface area contributed by atoms with Gasteiger partial charge in [0.1, 0.15) is 6.61 Å². The quantitative estimate of drug-likeness (QED) is 0.840. The van der Waals surface area contributed by atoms with Crippen LogP contribution in [-0.2, 0) is 4.74 Å². The van der Waals surface area contributed by atoms with Crippen LogP contribution < -0.4 is 0 Å². The average Bonchev–Trinajstić information content (AvgIpc) is 2.53. The van der Waals surface area contributed by atoms with E-state index in [1.54, 1.807) is 6.07 Å². The van der Waals surface area contributed by atoms with Crippen LogP contribution in [0.4, 0.5) is 0 Å². The van der Waals surface area contributed by atoms with Gasteiger partial charge in [-0.3, -0.25) is 4.79 Å². The molecular formula is C17H21NO3. The van der Waals surface area contributed by atoms with Crippen LogP contribution in [0, 0.1) is 18.8 Å². The highest BCUT2D eigenvalue weighted by Crippen LogP contribution is 2.18. The monoisotopic (exact) mass is 287 g/mol. The second-order valence-electron chi connectivity index (χ2n) is 5.25. The molecule has 1 saturated heterocycles. The van der Waals surface area contributed by atoms with E-state index in [0.717, 1.165) is 24.0 Å². The number of hydrogen-bond acceptors (Lipinski definition) is 3. The van der Waals surface area contributed by atoms with Gasteiger partial charge in [0.15, 0.2) is 0 Å². The van der Waals surface area contributed by atoms with Gasteiger partial charge in [-0.1, -0.05) is 17.9 Å². The van der Waals surface area contributed by atoms with Crippen molar-refractivity contribution in [1.29, 1.82) is 0 Å². The summed E-state index contributed by atoms with van der Waals surface area (Å²) in [5.41, 5.74) is 2.36. The van der Waals surface area contributed by atoms with E-state index in [9.17, 15) is 4.79 Å². The van der Waals surface area contributed by atoms with Crippen molar-refractivity contribution in [2.24, 2.45) is 0 Å². The fourth-order valence-corrected chi connectivity index (χ4v) is 2.50. The van der Waals surface area contributed by atoms with E-state index >= 15 is 0 Å². The third kappa shape index (κ3) is 3.84. The minimum absolute atomic E-state index is 0.0204. The highest BCUT2D eigenvalue weighted by atomic mass is 16.5. The molecule has 1 aliphatic heterocycles. The summed E-state index contributed by atoms with van der Waals surface area (Å²) in [5.74, 6) is 5.47. The number of aliphatic hydroxyl groups excluding tert-OH is 1. The van der Waals surface area contributed by atoms with Crippen molar-refractivity contribution in [3.05, 3.63) is 34.9 Å². The van der Waals surface area contributed by atoms with Crippen LogP contribution in [-0.4, -0.2) is 48.8 Å². The predicted molar refractivity (Wildman–Crippen MR) is 81.1 cm³/mol. The molecule has 2 rings (SSSR count). The van der Waals surface area contributed by atoms with Crippen molar-refractivity contribution >= 4 is 5.91 Å². The van der Waals surface area contributed by atoms with Crippen LogP contribution in [0.2, 0.25) is 0 Å². The number of hydrogen-bond donors (Lipinski definition) is 1. The largest absolute Gasteiger partial charge is 0.384 e. The maximum atomic E-state index is 12.7. The molecule has 1 aromatic rings. The van der Waals surface area contributed by atoms with Crippen LogP contribution in [0.1, 0.15) is 34.3 Å². The molecule has 1 N–H and O–H groups in total. The number of nitrogens with zero attached hydrogens (tertiary/aromatic N) is 1. The first-order chi connectivity index (χ1) is 10.1. The molecule has 0 aromatic heterocycles. The van der Waals surface area contributed by atoms with Gasteiger partial charge in [-0.15, -0.1) is 0 Å². The van der Waals surface area contributed by atoms with E-state index in [1.165, 1.54) is 0 Å². The summed E-state index contributed by atoms with van der Waals surface area (Å²) in [7, 11) is 1.85. The molecule has 1 aliphatic rings. The number of aliphatic hydroxyl groups is 1. The molecule has 0 unspecified atom stereocenters. The van der Waals surface area contributed by atoms with E-state index in [0.29, 0.717) is 18.8 Å². The molecule has 0 radical (unpaired) electrons.